The molecule has 0 radical (unpaired) electrons. The van der Waals surface area contributed by atoms with Crippen LogP contribution in [0.3, 0.4) is 0 Å². The predicted octanol–water partition coefficient (Wildman–Crippen LogP) is 4.86. The molecule has 2 rings (SSSR count). The maximum atomic E-state index is 12.5. The second-order valence-electron chi connectivity index (χ2n) is 6.78. The zero-order valence-electron chi connectivity index (χ0n) is 14.4. The molecule has 2 unspecified atom stereocenters. The first-order valence-electron chi connectivity index (χ1n) is 9.01. The van der Waals surface area contributed by atoms with E-state index in [-0.39, 0.29) is 0 Å². The van der Waals surface area contributed by atoms with Crippen LogP contribution in [0.1, 0.15) is 64.4 Å². The van der Waals surface area contributed by atoms with Crippen molar-refractivity contribution in [3.8, 4) is 0 Å². The van der Waals surface area contributed by atoms with Crippen LogP contribution in [0.25, 0.3) is 0 Å². The Morgan fingerprint density at radius 3 is 2.45 bits per heavy atom. The highest BCUT2D eigenvalue weighted by atomic mass is 16.2. The van der Waals surface area contributed by atoms with E-state index in [1.165, 1.54) is 5.56 Å². The first-order valence-corrected chi connectivity index (χ1v) is 9.01. The van der Waals surface area contributed by atoms with E-state index in [1.807, 2.05) is 0 Å². The van der Waals surface area contributed by atoms with Gasteiger partial charge in [-0.15, -0.1) is 0 Å². The third-order valence-corrected chi connectivity index (χ3v) is 5.03. The summed E-state index contributed by atoms with van der Waals surface area (Å²) >= 11 is 0. The molecule has 122 valence electrons. The molecule has 0 aliphatic heterocycles. The van der Waals surface area contributed by atoms with Gasteiger partial charge in [0.05, 0.1) is 0 Å². The van der Waals surface area contributed by atoms with E-state index < -0.39 is 0 Å². The summed E-state index contributed by atoms with van der Waals surface area (Å²) in [6, 6.07) is 10.7. The van der Waals surface area contributed by atoms with Gasteiger partial charge in [0, 0.05) is 19.0 Å². The number of hydrogen-bond acceptors (Lipinski definition) is 1. The average Bonchev–Trinajstić information content (AvgIpc) is 3.40. The summed E-state index contributed by atoms with van der Waals surface area (Å²) in [6.45, 7) is 8.61. The monoisotopic (exact) mass is 301 g/mol. The third kappa shape index (κ3) is 4.59. The van der Waals surface area contributed by atoms with Gasteiger partial charge in [-0.3, -0.25) is 4.79 Å². The first kappa shape index (κ1) is 17.1. The summed E-state index contributed by atoms with van der Waals surface area (Å²) in [5, 5.41) is 0. The van der Waals surface area contributed by atoms with Crippen LogP contribution >= 0.6 is 0 Å². The van der Waals surface area contributed by atoms with E-state index in [2.05, 4.69) is 56.0 Å². The molecule has 0 heterocycles. The quantitative estimate of drug-likeness (QED) is 0.638. The summed E-state index contributed by atoms with van der Waals surface area (Å²) in [5.74, 6) is 1.79. The average molecular weight is 301 g/mol. The minimum Gasteiger partial charge on any atom is -0.342 e. The third-order valence-electron chi connectivity index (χ3n) is 5.03. The van der Waals surface area contributed by atoms with Gasteiger partial charge in [-0.1, -0.05) is 63.9 Å². The van der Waals surface area contributed by atoms with Crippen molar-refractivity contribution < 1.29 is 4.79 Å². The molecule has 1 amide bonds. The van der Waals surface area contributed by atoms with Crippen LogP contribution in [0.2, 0.25) is 0 Å². The second kappa shape index (κ2) is 8.36. The number of nitrogens with zero attached hydrogens (tertiary/aromatic N) is 1. The van der Waals surface area contributed by atoms with E-state index in [0.29, 0.717) is 23.7 Å². The van der Waals surface area contributed by atoms with Crippen LogP contribution in [0, 0.1) is 11.8 Å². The maximum absolute atomic E-state index is 12.5. The van der Waals surface area contributed by atoms with Gasteiger partial charge in [0.2, 0.25) is 5.91 Å². The molecule has 0 bridgehead atoms. The summed E-state index contributed by atoms with van der Waals surface area (Å²) in [5.41, 5.74) is 1.39. The molecule has 1 fully saturated rings. The van der Waals surface area contributed by atoms with Gasteiger partial charge in [-0.25, -0.2) is 0 Å². The molecular weight excluding hydrogens is 270 g/mol. The molecule has 22 heavy (non-hydrogen) atoms. The van der Waals surface area contributed by atoms with Crippen molar-refractivity contribution in [2.24, 2.45) is 11.8 Å². The van der Waals surface area contributed by atoms with Crippen molar-refractivity contribution in [3.63, 3.8) is 0 Å². The molecule has 1 aromatic rings. The Hall–Kier alpha value is -1.31. The van der Waals surface area contributed by atoms with E-state index in [1.54, 1.807) is 0 Å². The Morgan fingerprint density at radius 2 is 1.91 bits per heavy atom. The highest BCUT2D eigenvalue weighted by molar-refractivity contribution is 5.81. The van der Waals surface area contributed by atoms with E-state index in [0.717, 1.165) is 45.2 Å². The lowest BCUT2D eigenvalue weighted by atomic mass is 9.85. The van der Waals surface area contributed by atoms with Crippen LogP contribution < -0.4 is 0 Å². The summed E-state index contributed by atoms with van der Waals surface area (Å²) in [4.78, 5) is 14.7. The van der Waals surface area contributed by atoms with Crippen LogP contribution in [0.5, 0.6) is 0 Å². The van der Waals surface area contributed by atoms with Crippen LogP contribution in [-0.4, -0.2) is 23.9 Å². The number of rotatable bonds is 9. The second-order valence-corrected chi connectivity index (χ2v) is 6.78. The van der Waals surface area contributed by atoms with Gasteiger partial charge < -0.3 is 4.90 Å². The molecule has 1 saturated carbocycles. The number of benzene rings is 1. The topological polar surface area (TPSA) is 20.3 Å². The summed E-state index contributed by atoms with van der Waals surface area (Å²) < 4.78 is 0. The molecular formula is C20H31NO. The molecule has 0 spiro atoms. The number of unbranched alkanes of at least 4 members (excludes halogenated alkanes) is 1. The lowest BCUT2D eigenvalue weighted by molar-refractivity contribution is -0.133. The zero-order chi connectivity index (χ0) is 15.9. The highest BCUT2D eigenvalue weighted by Crippen LogP contribution is 2.33. The van der Waals surface area contributed by atoms with E-state index in [4.69, 9.17) is 0 Å². The van der Waals surface area contributed by atoms with Crippen molar-refractivity contribution in [1.82, 2.24) is 4.90 Å². The molecule has 2 atom stereocenters. The van der Waals surface area contributed by atoms with Crippen LogP contribution in [-0.2, 0) is 4.79 Å². The molecule has 1 aliphatic rings. The van der Waals surface area contributed by atoms with Gasteiger partial charge in [0.25, 0.3) is 0 Å². The van der Waals surface area contributed by atoms with Crippen molar-refractivity contribution in [2.45, 2.75) is 58.8 Å². The lowest BCUT2D eigenvalue weighted by Gasteiger charge is -2.31. The Kier molecular flexibility index (Phi) is 6.48. The molecule has 0 saturated heterocycles. The normalized spacial score (nSPS) is 17.0. The number of carbonyl (C=O) groups excluding carboxylic acids is 1. The number of hydrogen-bond donors (Lipinski definition) is 0. The van der Waals surface area contributed by atoms with Gasteiger partial charge in [0.1, 0.15) is 0 Å². The molecule has 2 heteroatoms. The fourth-order valence-corrected chi connectivity index (χ4v) is 3.18. The van der Waals surface area contributed by atoms with Crippen LogP contribution in [0.4, 0.5) is 0 Å². The van der Waals surface area contributed by atoms with Crippen molar-refractivity contribution in [3.05, 3.63) is 35.9 Å². The van der Waals surface area contributed by atoms with Gasteiger partial charge >= 0.3 is 0 Å². The Bertz CT molecular complexity index is 452. The summed E-state index contributed by atoms with van der Waals surface area (Å²) in [6.07, 6.45) is 5.60. The molecule has 1 aliphatic carbocycles. The van der Waals surface area contributed by atoms with E-state index in [9.17, 15) is 4.79 Å². The fraction of sp³-hybridized carbons (Fsp3) is 0.650. The van der Waals surface area contributed by atoms with Gasteiger partial charge in [-0.2, -0.15) is 0 Å². The largest absolute Gasteiger partial charge is 0.342 e. The Balaban J connectivity index is 2.02. The molecule has 2 nitrogen and oxygen atoms in total. The standard InChI is InChI=1S/C20H31NO/c1-4-6-14-21(20(22)19-12-13-19)15-17(5-2)16(3)18-10-8-7-9-11-18/h7-11,16-17,19H,4-6,12-15H2,1-3H3. The van der Waals surface area contributed by atoms with Crippen molar-refractivity contribution >= 4 is 5.91 Å². The fourth-order valence-electron chi connectivity index (χ4n) is 3.18. The van der Waals surface area contributed by atoms with Gasteiger partial charge in [0.15, 0.2) is 0 Å². The van der Waals surface area contributed by atoms with Gasteiger partial charge in [-0.05, 0) is 36.7 Å². The van der Waals surface area contributed by atoms with Crippen LogP contribution in [0.15, 0.2) is 30.3 Å². The van der Waals surface area contributed by atoms with Crippen molar-refractivity contribution in [1.29, 1.82) is 0 Å². The lowest BCUT2D eigenvalue weighted by Crippen LogP contribution is -2.38. The molecule has 0 N–H and O–H groups in total. The molecule has 1 aromatic carbocycles. The SMILES string of the molecule is CCCCN(CC(CC)C(C)c1ccccc1)C(=O)C1CC1. The predicted molar refractivity (Wildman–Crippen MR) is 92.9 cm³/mol. The van der Waals surface area contributed by atoms with E-state index >= 15 is 0 Å². The zero-order valence-corrected chi connectivity index (χ0v) is 14.4. The minimum atomic E-state index is 0.335. The first-order chi connectivity index (χ1) is 10.7. The highest BCUT2D eigenvalue weighted by Gasteiger charge is 2.34. The summed E-state index contributed by atoms with van der Waals surface area (Å²) in [7, 11) is 0. The smallest absolute Gasteiger partial charge is 0.225 e. The minimum absolute atomic E-state index is 0.335. The maximum Gasteiger partial charge on any atom is 0.225 e. The Morgan fingerprint density at radius 1 is 1.23 bits per heavy atom. The number of amides is 1. The Labute approximate surface area is 135 Å². The number of carbonyl (C=O) groups is 1. The van der Waals surface area contributed by atoms with Crippen molar-refractivity contribution in [2.75, 3.05) is 13.1 Å². The molecule has 0 aromatic heterocycles.